The number of hydrogen-bond acceptors (Lipinski definition) is 4. The van der Waals surface area contributed by atoms with Crippen LogP contribution in [-0.2, 0) is 0 Å². The van der Waals surface area contributed by atoms with Crippen LogP contribution in [0.4, 0.5) is 0 Å². The van der Waals surface area contributed by atoms with Crippen LogP contribution in [0, 0.1) is 6.92 Å². The van der Waals surface area contributed by atoms with Crippen molar-refractivity contribution in [3.8, 4) is 5.69 Å². The quantitative estimate of drug-likeness (QED) is 0.718. The van der Waals surface area contributed by atoms with Crippen LogP contribution in [0.25, 0.3) is 15.9 Å². The molecule has 0 bridgehead atoms. The molecule has 5 nitrogen and oxygen atoms in total. The van der Waals surface area contributed by atoms with Crippen LogP contribution < -0.4 is 5.73 Å². The fourth-order valence-corrected chi connectivity index (χ4v) is 4.31. The number of fused-ring (bicyclic) bond motifs is 1. The maximum absolute atomic E-state index is 12.7. The van der Waals surface area contributed by atoms with Gasteiger partial charge in [0.25, 0.3) is 5.91 Å². The Kier molecular flexibility index (Phi) is 5.06. The van der Waals surface area contributed by atoms with E-state index in [1.165, 1.54) is 11.3 Å². The Morgan fingerprint density at radius 1 is 1.36 bits per heavy atom. The summed E-state index contributed by atoms with van der Waals surface area (Å²) in [4.78, 5) is 16.2. The summed E-state index contributed by atoms with van der Waals surface area (Å²) in [6, 6.07) is 9.57. The normalized spacial score (nSPS) is 17.1. The third-order valence-corrected chi connectivity index (χ3v) is 5.69. The highest BCUT2D eigenvalue weighted by Crippen LogP contribution is 2.31. The van der Waals surface area contributed by atoms with E-state index in [0.29, 0.717) is 11.6 Å². The Morgan fingerprint density at radius 2 is 2.08 bits per heavy atom. The molecule has 132 valence electrons. The third-order valence-electron chi connectivity index (χ3n) is 4.34. The number of halogens is 2. The molecule has 0 unspecified atom stereocenters. The van der Waals surface area contributed by atoms with Crippen molar-refractivity contribution in [2.45, 2.75) is 19.4 Å². The maximum Gasteiger partial charge on any atom is 0.264 e. The minimum absolute atomic E-state index is 0. The van der Waals surface area contributed by atoms with Crippen molar-refractivity contribution in [2.24, 2.45) is 5.73 Å². The molecule has 0 spiro atoms. The average molecular weight is 397 g/mol. The lowest BCUT2D eigenvalue weighted by Gasteiger charge is -2.14. The molecule has 1 aliphatic rings. The van der Waals surface area contributed by atoms with E-state index < -0.39 is 0 Å². The summed E-state index contributed by atoms with van der Waals surface area (Å²) in [6.07, 6.45) is 0.869. The van der Waals surface area contributed by atoms with Crippen molar-refractivity contribution < 1.29 is 4.79 Å². The van der Waals surface area contributed by atoms with Gasteiger partial charge in [0.05, 0.1) is 16.3 Å². The minimum Gasteiger partial charge on any atom is -0.336 e. The van der Waals surface area contributed by atoms with Gasteiger partial charge in [0.2, 0.25) is 0 Å². The lowest BCUT2D eigenvalue weighted by Crippen LogP contribution is -2.31. The molecule has 1 fully saturated rings. The lowest BCUT2D eigenvalue weighted by molar-refractivity contribution is 0.0795. The van der Waals surface area contributed by atoms with Gasteiger partial charge in [-0.1, -0.05) is 11.6 Å². The molecule has 25 heavy (non-hydrogen) atoms. The highest BCUT2D eigenvalue weighted by Gasteiger charge is 2.26. The molecule has 0 saturated carbocycles. The first-order valence-electron chi connectivity index (χ1n) is 7.83. The number of hydrogen-bond donors (Lipinski definition) is 1. The first-order valence-corrected chi connectivity index (χ1v) is 9.02. The van der Waals surface area contributed by atoms with Gasteiger partial charge in [-0.25, -0.2) is 4.68 Å². The predicted octanol–water partition coefficient (Wildman–Crippen LogP) is 3.64. The van der Waals surface area contributed by atoms with Crippen molar-refractivity contribution >= 4 is 51.5 Å². The van der Waals surface area contributed by atoms with E-state index in [0.717, 1.165) is 39.4 Å². The summed E-state index contributed by atoms with van der Waals surface area (Å²) in [5.41, 5.74) is 7.76. The zero-order chi connectivity index (χ0) is 16.8. The summed E-state index contributed by atoms with van der Waals surface area (Å²) >= 11 is 7.44. The van der Waals surface area contributed by atoms with Crippen LogP contribution in [0.15, 0.2) is 30.3 Å². The molecule has 0 radical (unpaired) electrons. The predicted molar refractivity (Wildman–Crippen MR) is 104 cm³/mol. The largest absolute Gasteiger partial charge is 0.336 e. The molecule has 0 aliphatic carbocycles. The summed E-state index contributed by atoms with van der Waals surface area (Å²) < 4.78 is 1.87. The Labute approximate surface area is 160 Å². The Hall–Kier alpha value is -1.60. The molecular formula is C17H18Cl2N4OS. The van der Waals surface area contributed by atoms with Crippen LogP contribution in [-0.4, -0.2) is 39.7 Å². The fourth-order valence-electron chi connectivity index (χ4n) is 3.04. The summed E-state index contributed by atoms with van der Waals surface area (Å²) in [7, 11) is 0. The number of carbonyl (C=O) groups is 1. The molecule has 1 atom stereocenters. The van der Waals surface area contributed by atoms with Gasteiger partial charge in [0.1, 0.15) is 4.83 Å². The number of aromatic nitrogens is 2. The van der Waals surface area contributed by atoms with Gasteiger partial charge < -0.3 is 10.6 Å². The Bertz CT molecular complexity index is 919. The average Bonchev–Trinajstić information content (AvgIpc) is 3.25. The van der Waals surface area contributed by atoms with Crippen LogP contribution in [0.1, 0.15) is 21.8 Å². The van der Waals surface area contributed by atoms with Gasteiger partial charge in [0.15, 0.2) is 0 Å². The highest BCUT2D eigenvalue weighted by molar-refractivity contribution is 7.20. The Morgan fingerprint density at radius 3 is 2.72 bits per heavy atom. The monoisotopic (exact) mass is 396 g/mol. The van der Waals surface area contributed by atoms with E-state index >= 15 is 0 Å². The van der Waals surface area contributed by atoms with E-state index in [1.54, 1.807) is 0 Å². The van der Waals surface area contributed by atoms with E-state index in [-0.39, 0.29) is 24.4 Å². The molecular weight excluding hydrogens is 379 g/mol. The van der Waals surface area contributed by atoms with Crippen molar-refractivity contribution in [2.75, 3.05) is 13.1 Å². The number of nitrogens with two attached hydrogens (primary N) is 1. The topological polar surface area (TPSA) is 64.2 Å². The standard InChI is InChI=1S/C17H17ClN4OS.ClH/c1-10-14-8-15(16(23)21-7-6-12(19)9-21)24-17(14)22(20-10)13-4-2-11(18)3-5-13;/h2-5,8,12H,6-7,9,19H2,1H3;1H/t12-;/m1./s1. The van der Waals surface area contributed by atoms with E-state index in [2.05, 4.69) is 5.10 Å². The van der Waals surface area contributed by atoms with E-state index in [1.807, 2.05) is 46.8 Å². The molecule has 1 saturated heterocycles. The molecule has 3 heterocycles. The highest BCUT2D eigenvalue weighted by atomic mass is 35.5. The first kappa shape index (κ1) is 18.2. The second kappa shape index (κ2) is 6.96. The number of benzene rings is 1. The van der Waals surface area contributed by atoms with Crippen LogP contribution in [0.5, 0.6) is 0 Å². The van der Waals surface area contributed by atoms with Gasteiger partial charge >= 0.3 is 0 Å². The summed E-state index contributed by atoms with van der Waals surface area (Å²) in [5, 5.41) is 6.30. The van der Waals surface area contributed by atoms with Gasteiger partial charge in [-0.05, 0) is 43.7 Å². The summed E-state index contributed by atoms with van der Waals surface area (Å²) in [6.45, 7) is 3.33. The molecule has 1 amide bonds. The van der Waals surface area contributed by atoms with Crippen LogP contribution >= 0.6 is 35.3 Å². The second-order valence-corrected chi connectivity index (χ2v) is 7.57. The first-order chi connectivity index (χ1) is 11.5. The lowest BCUT2D eigenvalue weighted by atomic mass is 10.3. The van der Waals surface area contributed by atoms with Gasteiger partial charge in [0, 0.05) is 29.5 Å². The number of aryl methyl sites for hydroxylation is 1. The van der Waals surface area contributed by atoms with Gasteiger partial charge in [-0.3, -0.25) is 4.79 Å². The van der Waals surface area contributed by atoms with Crippen molar-refractivity contribution in [1.82, 2.24) is 14.7 Å². The van der Waals surface area contributed by atoms with Crippen molar-refractivity contribution in [1.29, 1.82) is 0 Å². The van der Waals surface area contributed by atoms with Crippen LogP contribution in [0.2, 0.25) is 5.02 Å². The maximum atomic E-state index is 12.7. The minimum atomic E-state index is 0. The molecule has 2 N–H and O–H groups in total. The smallest absolute Gasteiger partial charge is 0.264 e. The number of likely N-dealkylation sites (tertiary alicyclic amines) is 1. The zero-order valence-corrected chi connectivity index (χ0v) is 16.0. The Balaban J connectivity index is 0.00000182. The molecule has 3 aromatic rings. The van der Waals surface area contributed by atoms with Gasteiger partial charge in [-0.15, -0.1) is 23.7 Å². The van der Waals surface area contributed by atoms with E-state index in [4.69, 9.17) is 17.3 Å². The van der Waals surface area contributed by atoms with Crippen molar-refractivity contribution in [3.05, 3.63) is 45.9 Å². The molecule has 1 aliphatic heterocycles. The molecule has 1 aromatic carbocycles. The number of rotatable bonds is 2. The van der Waals surface area contributed by atoms with Gasteiger partial charge in [-0.2, -0.15) is 5.10 Å². The number of amides is 1. The fraction of sp³-hybridized carbons (Fsp3) is 0.294. The molecule has 2 aromatic heterocycles. The zero-order valence-electron chi connectivity index (χ0n) is 13.6. The molecule has 4 rings (SSSR count). The number of nitrogens with zero attached hydrogens (tertiary/aromatic N) is 3. The second-order valence-electron chi connectivity index (χ2n) is 6.10. The van der Waals surface area contributed by atoms with Crippen LogP contribution in [0.3, 0.4) is 0 Å². The third kappa shape index (κ3) is 3.27. The number of thiophene rings is 1. The summed E-state index contributed by atoms with van der Waals surface area (Å²) in [5.74, 6) is 0.0613. The van der Waals surface area contributed by atoms with E-state index in [9.17, 15) is 4.79 Å². The van der Waals surface area contributed by atoms with Crippen molar-refractivity contribution in [3.63, 3.8) is 0 Å². The SMILES string of the molecule is Cc1nn(-c2ccc(Cl)cc2)c2sc(C(=O)N3CC[C@@H](N)C3)cc12.Cl. The molecule has 8 heteroatoms. The number of carbonyl (C=O) groups excluding carboxylic acids is 1.